The van der Waals surface area contributed by atoms with Crippen molar-refractivity contribution >= 4 is 15.9 Å². The van der Waals surface area contributed by atoms with Crippen molar-refractivity contribution in [3.8, 4) is 5.75 Å². The normalized spacial score (nSPS) is 14.7. The van der Waals surface area contributed by atoms with Gasteiger partial charge in [0.1, 0.15) is 11.6 Å². The molecule has 0 radical (unpaired) electrons. The van der Waals surface area contributed by atoms with Gasteiger partial charge in [-0.2, -0.15) is 0 Å². The Morgan fingerprint density at radius 2 is 2.14 bits per heavy atom. The summed E-state index contributed by atoms with van der Waals surface area (Å²) in [7, 11) is 0. The summed E-state index contributed by atoms with van der Waals surface area (Å²) < 4.78 is 19.8. The molecule has 1 aliphatic heterocycles. The standard InChI is InChI=1S/C17H16BrFO2/c1-10-6-14(19)2-3-15(10)16(20)9-12-8-13(18)7-11-4-5-21-17(11)12/h2-3,6-8,16,20H,4-5,9H2,1H3. The lowest BCUT2D eigenvalue weighted by Crippen LogP contribution is -2.05. The van der Waals surface area contributed by atoms with E-state index in [0.717, 1.165) is 33.3 Å². The summed E-state index contributed by atoms with van der Waals surface area (Å²) in [4.78, 5) is 0. The molecule has 1 aliphatic rings. The molecule has 0 aromatic heterocycles. The summed E-state index contributed by atoms with van der Waals surface area (Å²) in [5.41, 5.74) is 3.66. The van der Waals surface area contributed by atoms with Crippen molar-refractivity contribution in [2.45, 2.75) is 25.9 Å². The van der Waals surface area contributed by atoms with Crippen LogP contribution in [0.2, 0.25) is 0 Å². The highest BCUT2D eigenvalue weighted by Crippen LogP contribution is 2.35. The molecular formula is C17H16BrFO2. The van der Waals surface area contributed by atoms with Crippen LogP contribution in [0.3, 0.4) is 0 Å². The fourth-order valence-electron chi connectivity index (χ4n) is 2.83. The molecular weight excluding hydrogens is 335 g/mol. The van der Waals surface area contributed by atoms with Gasteiger partial charge in [0.15, 0.2) is 0 Å². The number of hydrogen-bond acceptors (Lipinski definition) is 2. The maximum atomic E-state index is 13.2. The minimum Gasteiger partial charge on any atom is -0.493 e. The van der Waals surface area contributed by atoms with Crippen LogP contribution in [0, 0.1) is 12.7 Å². The van der Waals surface area contributed by atoms with Gasteiger partial charge < -0.3 is 9.84 Å². The highest BCUT2D eigenvalue weighted by atomic mass is 79.9. The average Bonchev–Trinajstić information content (AvgIpc) is 2.86. The average molecular weight is 351 g/mol. The molecule has 1 atom stereocenters. The Kier molecular flexibility index (Phi) is 4.00. The van der Waals surface area contributed by atoms with Gasteiger partial charge >= 0.3 is 0 Å². The fraction of sp³-hybridized carbons (Fsp3) is 0.294. The highest BCUT2D eigenvalue weighted by molar-refractivity contribution is 9.10. The smallest absolute Gasteiger partial charge is 0.125 e. The van der Waals surface area contributed by atoms with Crippen molar-refractivity contribution in [2.75, 3.05) is 6.61 Å². The van der Waals surface area contributed by atoms with Crippen LogP contribution < -0.4 is 4.74 Å². The first-order chi connectivity index (χ1) is 10.0. The Hall–Kier alpha value is -1.39. The van der Waals surface area contributed by atoms with Gasteiger partial charge in [-0.15, -0.1) is 0 Å². The number of fused-ring (bicyclic) bond motifs is 1. The number of aliphatic hydroxyl groups excluding tert-OH is 1. The third-order valence-corrected chi connectivity index (χ3v) is 4.29. The molecule has 0 amide bonds. The second-order valence-corrected chi connectivity index (χ2v) is 6.29. The third kappa shape index (κ3) is 2.97. The van der Waals surface area contributed by atoms with Gasteiger partial charge in [0.2, 0.25) is 0 Å². The molecule has 2 aromatic carbocycles. The van der Waals surface area contributed by atoms with E-state index in [1.54, 1.807) is 6.07 Å². The lowest BCUT2D eigenvalue weighted by atomic mass is 9.96. The Bertz CT molecular complexity index is 685. The quantitative estimate of drug-likeness (QED) is 0.902. The first-order valence-electron chi connectivity index (χ1n) is 6.93. The number of benzene rings is 2. The molecule has 1 N–H and O–H groups in total. The van der Waals surface area contributed by atoms with E-state index >= 15 is 0 Å². The van der Waals surface area contributed by atoms with E-state index in [1.165, 1.54) is 17.7 Å². The number of rotatable bonds is 3. The van der Waals surface area contributed by atoms with Crippen LogP contribution in [0.15, 0.2) is 34.8 Å². The van der Waals surface area contributed by atoms with Crippen LogP contribution in [-0.4, -0.2) is 11.7 Å². The van der Waals surface area contributed by atoms with E-state index in [9.17, 15) is 9.50 Å². The Labute approximate surface area is 131 Å². The molecule has 0 aliphatic carbocycles. The van der Waals surface area contributed by atoms with Gasteiger partial charge in [-0.25, -0.2) is 4.39 Å². The van der Waals surface area contributed by atoms with Gasteiger partial charge in [-0.3, -0.25) is 0 Å². The minimum absolute atomic E-state index is 0.282. The second kappa shape index (κ2) is 5.78. The van der Waals surface area contributed by atoms with Crippen molar-refractivity contribution in [2.24, 2.45) is 0 Å². The summed E-state index contributed by atoms with van der Waals surface area (Å²) in [5, 5.41) is 10.5. The van der Waals surface area contributed by atoms with Crippen LogP contribution in [0.5, 0.6) is 5.75 Å². The zero-order chi connectivity index (χ0) is 15.0. The summed E-state index contributed by atoms with van der Waals surface area (Å²) in [6.45, 7) is 2.49. The molecule has 0 bridgehead atoms. The van der Waals surface area contributed by atoms with Crippen molar-refractivity contribution in [3.05, 3.63) is 62.9 Å². The summed E-state index contributed by atoms with van der Waals surface area (Å²) in [6, 6.07) is 8.51. The van der Waals surface area contributed by atoms with E-state index in [2.05, 4.69) is 22.0 Å². The number of halogens is 2. The molecule has 0 saturated heterocycles. The van der Waals surface area contributed by atoms with E-state index in [-0.39, 0.29) is 5.82 Å². The summed E-state index contributed by atoms with van der Waals surface area (Å²) in [5.74, 6) is 0.604. The molecule has 4 heteroatoms. The molecule has 2 aromatic rings. The molecule has 3 rings (SSSR count). The molecule has 0 spiro atoms. The van der Waals surface area contributed by atoms with Crippen molar-refractivity contribution in [3.63, 3.8) is 0 Å². The van der Waals surface area contributed by atoms with E-state index in [0.29, 0.717) is 13.0 Å². The monoisotopic (exact) mass is 350 g/mol. The van der Waals surface area contributed by atoms with E-state index in [1.807, 2.05) is 13.0 Å². The first-order valence-corrected chi connectivity index (χ1v) is 7.72. The number of aryl methyl sites for hydroxylation is 1. The molecule has 2 nitrogen and oxygen atoms in total. The van der Waals surface area contributed by atoms with Crippen LogP contribution in [-0.2, 0) is 12.8 Å². The van der Waals surface area contributed by atoms with E-state index in [4.69, 9.17) is 4.74 Å². The van der Waals surface area contributed by atoms with Crippen LogP contribution in [0.25, 0.3) is 0 Å². The molecule has 1 unspecified atom stereocenters. The Morgan fingerprint density at radius 3 is 2.90 bits per heavy atom. The van der Waals surface area contributed by atoms with Gasteiger partial charge in [0.05, 0.1) is 12.7 Å². The van der Waals surface area contributed by atoms with Crippen LogP contribution in [0.4, 0.5) is 4.39 Å². The lowest BCUT2D eigenvalue weighted by molar-refractivity contribution is 0.176. The number of ether oxygens (including phenoxy) is 1. The van der Waals surface area contributed by atoms with Crippen LogP contribution in [0.1, 0.15) is 28.4 Å². The first kappa shape index (κ1) is 14.5. The minimum atomic E-state index is -0.673. The van der Waals surface area contributed by atoms with Gasteiger partial charge in [0.25, 0.3) is 0 Å². The topological polar surface area (TPSA) is 29.5 Å². The van der Waals surface area contributed by atoms with E-state index < -0.39 is 6.10 Å². The fourth-order valence-corrected chi connectivity index (χ4v) is 3.38. The molecule has 0 saturated carbocycles. The SMILES string of the molecule is Cc1cc(F)ccc1C(O)Cc1cc(Br)cc2c1OCC2. The highest BCUT2D eigenvalue weighted by Gasteiger charge is 2.20. The maximum Gasteiger partial charge on any atom is 0.125 e. The zero-order valence-electron chi connectivity index (χ0n) is 11.7. The van der Waals surface area contributed by atoms with Gasteiger partial charge in [0, 0.05) is 17.3 Å². The Balaban J connectivity index is 1.90. The molecule has 110 valence electrons. The maximum absolute atomic E-state index is 13.2. The number of aliphatic hydroxyl groups is 1. The van der Waals surface area contributed by atoms with Crippen molar-refractivity contribution in [1.29, 1.82) is 0 Å². The Morgan fingerprint density at radius 1 is 1.33 bits per heavy atom. The molecule has 1 heterocycles. The van der Waals surface area contributed by atoms with Crippen LogP contribution >= 0.6 is 15.9 Å². The zero-order valence-corrected chi connectivity index (χ0v) is 13.3. The number of hydrogen-bond donors (Lipinski definition) is 1. The lowest BCUT2D eigenvalue weighted by Gasteiger charge is -2.16. The third-order valence-electron chi connectivity index (χ3n) is 3.83. The van der Waals surface area contributed by atoms with Crippen molar-refractivity contribution in [1.82, 2.24) is 0 Å². The predicted molar refractivity (Wildman–Crippen MR) is 83.1 cm³/mol. The summed E-state index contributed by atoms with van der Waals surface area (Å²) >= 11 is 3.50. The predicted octanol–water partition coefficient (Wildman–Crippen LogP) is 4.11. The van der Waals surface area contributed by atoms with Crippen molar-refractivity contribution < 1.29 is 14.2 Å². The largest absolute Gasteiger partial charge is 0.493 e. The summed E-state index contributed by atoms with van der Waals surface area (Å²) in [6.07, 6.45) is 0.676. The molecule has 0 fully saturated rings. The van der Waals surface area contributed by atoms with Gasteiger partial charge in [-0.1, -0.05) is 22.0 Å². The van der Waals surface area contributed by atoms with Gasteiger partial charge in [-0.05, 0) is 53.4 Å². The molecule has 21 heavy (non-hydrogen) atoms. The second-order valence-electron chi connectivity index (χ2n) is 5.37.